The van der Waals surface area contributed by atoms with Gasteiger partial charge in [0.2, 0.25) is 5.91 Å². The Labute approximate surface area is 121 Å². The van der Waals surface area contributed by atoms with Crippen molar-refractivity contribution in [2.45, 2.75) is 57.0 Å². The molecule has 0 aromatic rings. The van der Waals surface area contributed by atoms with Crippen molar-refractivity contribution in [2.75, 3.05) is 26.4 Å². The molecule has 2 rings (SSSR count). The van der Waals surface area contributed by atoms with Gasteiger partial charge in [-0.3, -0.25) is 4.79 Å². The van der Waals surface area contributed by atoms with Crippen molar-refractivity contribution in [1.29, 1.82) is 0 Å². The smallest absolute Gasteiger partial charge is 0.237 e. The van der Waals surface area contributed by atoms with Gasteiger partial charge in [0.25, 0.3) is 0 Å². The predicted molar refractivity (Wildman–Crippen MR) is 77.4 cm³/mol. The van der Waals surface area contributed by atoms with Gasteiger partial charge in [0, 0.05) is 32.5 Å². The number of hydrogen-bond acceptors (Lipinski definition) is 4. The summed E-state index contributed by atoms with van der Waals surface area (Å²) in [6, 6.07) is 0.482. The molecule has 0 aromatic heterocycles. The van der Waals surface area contributed by atoms with E-state index in [9.17, 15) is 4.79 Å². The van der Waals surface area contributed by atoms with E-state index < -0.39 is 5.54 Å². The maximum absolute atomic E-state index is 11.6. The van der Waals surface area contributed by atoms with Crippen LogP contribution in [0, 0.1) is 5.92 Å². The molecule has 20 heavy (non-hydrogen) atoms. The molecule has 5 heteroatoms. The number of amides is 1. The second kappa shape index (κ2) is 7.38. The number of primary amides is 1. The second-order valence-electron chi connectivity index (χ2n) is 6.35. The number of rotatable bonds is 9. The standard InChI is InChI=1S/C15H28N2O3/c1-15(14(16)18,17-13-3-4-13)7-2-8-20-11-12-5-9-19-10-6-12/h12-13,17H,2-11H2,1H3,(H2,16,18). The molecule has 1 heterocycles. The lowest BCUT2D eigenvalue weighted by Crippen LogP contribution is -2.54. The highest BCUT2D eigenvalue weighted by atomic mass is 16.5. The van der Waals surface area contributed by atoms with E-state index in [-0.39, 0.29) is 5.91 Å². The Bertz CT molecular complexity index is 314. The third-order valence-electron chi connectivity index (χ3n) is 4.30. The average molecular weight is 284 g/mol. The molecule has 1 atom stereocenters. The van der Waals surface area contributed by atoms with E-state index in [1.807, 2.05) is 6.92 Å². The van der Waals surface area contributed by atoms with E-state index in [1.165, 1.54) is 0 Å². The molecule has 5 nitrogen and oxygen atoms in total. The van der Waals surface area contributed by atoms with Crippen LogP contribution in [0.2, 0.25) is 0 Å². The van der Waals surface area contributed by atoms with Crippen LogP contribution in [0.3, 0.4) is 0 Å². The lowest BCUT2D eigenvalue weighted by molar-refractivity contribution is -0.124. The summed E-state index contributed by atoms with van der Waals surface area (Å²) < 4.78 is 11.1. The van der Waals surface area contributed by atoms with Gasteiger partial charge >= 0.3 is 0 Å². The van der Waals surface area contributed by atoms with Crippen LogP contribution in [0.4, 0.5) is 0 Å². The van der Waals surface area contributed by atoms with E-state index in [2.05, 4.69) is 5.32 Å². The Balaban J connectivity index is 1.59. The molecule has 0 aromatic carbocycles. The van der Waals surface area contributed by atoms with Crippen molar-refractivity contribution in [3.63, 3.8) is 0 Å². The van der Waals surface area contributed by atoms with Crippen molar-refractivity contribution in [2.24, 2.45) is 11.7 Å². The van der Waals surface area contributed by atoms with Crippen molar-refractivity contribution in [3.8, 4) is 0 Å². The first-order valence-electron chi connectivity index (χ1n) is 7.83. The first kappa shape index (κ1) is 15.7. The zero-order valence-corrected chi connectivity index (χ0v) is 12.5. The molecular formula is C15H28N2O3. The van der Waals surface area contributed by atoms with Crippen molar-refractivity contribution in [1.82, 2.24) is 5.32 Å². The number of carbonyl (C=O) groups is 1. The summed E-state index contributed by atoms with van der Waals surface area (Å²) in [6.07, 6.45) is 6.12. The van der Waals surface area contributed by atoms with Crippen LogP contribution in [0.5, 0.6) is 0 Å². The summed E-state index contributed by atoms with van der Waals surface area (Å²) in [5, 5.41) is 3.36. The Kier molecular flexibility index (Phi) is 5.81. The Hall–Kier alpha value is -0.650. The zero-order valence-electron chi connectivity index (χ0n) is 12.5. The Morgan fingerprint density at radius 1 is 1.35 bits per heavy atom. The number of carbonyl (C=O) groups excluding carboxylic acids is 1. The fourth-order valence-corrected chi connectivity index (χ4v) is 2.64. The topological polar surface area (TPSA) is 73.6 Å². The van der Waals surface area contributed by atoms with Gasteiger partial charge in [0.15, 0.2) is 0 Å². The zero-order chi connectivity index (χ0) is 14.4. The van der Waals surface area contributed by atoms with Gasteiger partial charge in [-0.25, -0.2) is 0 Å². The van der Waals surface area contributed by atoms with Gasteiger partial charge < -0.3 is 20.5 Å². The SMILES string of the molecule is CC(CCCOCC1CCOCC1)(NC1CC1)C(N)=O. The average Bonchev–Trinajstić information content (AvgIpc) is 3.23. The minimum Gasteiger partial charge on any atom is -0.381 e. The molecule has 2 aliphatic rings. The van der Waals surface area contributed by atoms with E-state index in [4.69, 9.17) is 15.2 Å². The normalized spacial score (nSPS) is 23.4. The van der Waals surface area contributed by atoms with Crippen LogP contribution >= 0.6 is 0 Å². The maximum atomic E-state index is 11.6. The van der Waals surface area contributed by atoms with Crippen LogP contribution in [0.25, 0.3) is 0 Å². The lowest BCUT2D eigenvalue weighted by Gasteiger charge is -2.28. The molecule has 1 aliphatic heterocycles. The molecule has 1 saturated heterocycles. The Morgan fingerprint density at radius 3 is 2.65 bits per heavy atom. The van der Waals surface area contributed by atoms with E-state index in [0.717, 1.165) is 58.3 Å². The van der Waals surface area contributed by atoms with Gasteiger partial charge in [-0.05, 0) is 51.4 Å². The fraction of sp³-hybridized carbons (Fsp3) is 0.933. The van der Waals surface area contributed by atoms with Crippen molar-refractivity contribution >= 4 is 5.91 Å². The summed E-state index contributed by atoms with van der Waals surface area (Å²) in [4.78, 5) is 11.6. The fourth-order valence-electron chi connectivity index (χ4n) is 2.64. The predicted octanol–water partition coefficient (Wildman–Crippen LogP) is 1.21. The van der Waals surface area contributed by atoms with E-state index in [1.54, 1.807) is 0 Å². The second-order valence-corrected chi connectivity index (χ2v) is 6.35. The van der Waals surface area contributed by atoms with E-state index >= 15 is 0 Å². The molecule has 2 fully saturated rings. The molecule has 1 amide bonds. The summed E-state index contributed by atoms with van der Waals surface area (Å²) in [5.41, 5.74) is 4.94. The monoisotopic (exact) mass is 284 g/mol. The van der Waals surface area contributed by atoms with E-state index in [0.29, 0.717) is 18.6 Å². The third kappa shape index (κ3) is 5.04. The van der Waals surface area contributed by atoms with Crippen LogP contribution in [-0.2, 0) is 14.3 Å². The first-order chi connectivity index (χ1) is 9.60. The van der Waals surface area contributed by atoms with Gasteiger partial charge in [0.05, 0.1) is 5.54 Å². The van der Waals surface area contributed by atoms with Gasteiger partial charge in [-0.1, -0.05) is 0 Å². The van der Waals surface area contributed by atoms with Crippen LogP contribution in [-0.4, -0.2) is 43.9 Å². The summed E-state index contributed by atoms with van der Waals surface area (Å²) in [7, 11) is 0. The molecular weight excluding hydrogens is 256 g/mol. The van der Waals surface area contributed by atoms with Gasteiger partial charge in [-0.2, -0.15) is 0 Å². The Morgan fingerprint density at radius 2 is 2.05 bits per heavy atom. The maximum Gasteiger partial charge on any atom is 0.237 e. The molecule has 116 valence electrons. The van der Waals surface area contributed by atoms with Crippen LogP contribution < -0.4 is 11.1 Å². The quantitative estimate of drug-likeness (QED) is 0.624. The molecule has 0 radical (unpaired) electrons. The highest BCUT2D eigenvalue weighted by molar-refractivity contribution is 5.84. The minimum atomic E-state index is -0.580. The van der Waals surface area contributed by atoms with Crippen LogP contribution in [0.1, 0.15) is 45.4 Å². The van der Waals surface area contributed by atoms with Gasteiger partial charge in [0.1, 0.15) is 0 Å². The molecule has 1 saturated carbocycles. The summed E-state index contributed by atoms with van der Waals surface area (Å²) in [5.74, 6) is 0.379. The van der Waals surface area contributed by atoms with Crippen LogP contribution in [0.15, 0.2) is 0 Å². The molecule has 1 unspecified atom stereocenters. The van der Waals surface area contributed by atoms with Gasteiger partial charge in [-0.15, -0.1) is 0 Å². The number of hydrogen-bond donors (Lipinski definition) is 2. The summed E-state index contributed by atoms with van der Waals surface area (Å²) in [6.45, 7) is 5.14. The molecule has 0 bridgehead atoms. The molecule has 3 N–H and O–H groups in total. The third-order valence-corrected chi connectivity index (χ3v) is 4.30. The largest absolute Gasteiger partial charge is 0.381 e. The molecule has 1 aliphatic carbocycles. The molecule has 0 spiro atoms. The first-order valence-corrected chi connectivity index (χ1v) is 7.83. The van der Waals surface area contributed by atoms with Crippen molar-refractivity contribution < 1.29 is 14.3 Å². The number of nitrogens with one attached hydrogen (secondary N) is 1. The summed E-state index contributed by atoms with van der Waals surface area (Å²) >= 11 is 0. The highest BCUT2D eigenvalue weighted by Crippen LogP contribution is 2.24. The highest BCUT2D eigenvalue weighted by Gasteiger charge is 2.36. The number of ether oxygens (including phenoxy) is 2. The van der Waals surface area contributed by atoms with Crippen molar-refractivity contribution in [3.05, 3.63) is 0 Å². The lowest BCUT2D eigenvalue weighted by atomic mass is 9.95. The minimum absolute atomic E-state index is 0.256. The number of nitrogens with two attached hydrogens (primary N) is 1.